The monoisotopic (exact) mass is 430 g/mol. The second-order valence-electron chi connectivity index (χ2n) is 7.45. The molecule has 0 bridgehead atoms. The minimum atomic E-state index is -0.896. The van der Waals surface area contributed by atoms with Gasteiger partial charge in [-0.05, 0) is 47.5 Å². The Hall–Kier alpha value is -4.33. The van der Waals surface area contributed by atoms with Crippen LogP contribution in [-0.2, 0) is 16.1 Å². The van der Waals surface area contributed by atoms with Crippen molar-refractivity contribution in [3.05, 3.63) is 89.3 Å². The van der Waals surface area contributed by atoms with E-state index < -0.39 is 17.7 Å². The van der Waals surface area contributed by atoms with Crippen LogP contribution in [0.1, 0.15) is 22.7 Å². The van der Waals surface area contributed by atoms with Gasteiger partial charge in [0.25, 0.3) is 11.7 Å². The van der Waals surface area contributed by atoms with E-state index in [4.69, 9.17) is 9.47 Å². The van der Waals surface area contributed by atoms with Crippen molar-refractivity contribution in [1.29, 1.82) is 0 Å². The second kappa shape index (κ2) is 7.73. The number of fused-ring (bicyclic) bond motifs is 1. The lowest BCUT2D eigenvalue weighted by atomic mass is 9.95. The van der Waals surface area contributed by atoms with Crippen LogP contribution in [0.5, 0.6) is 17.2 Å². The van der Waals surface area contributed by atoms with Gasteiger partial charge in [0, 0.05) is 24.5 Å². The van der Waals surface area contributed by atoms with E-state index in [9.17, 15) is 19.8 Å². The number of phenolic OH excluding ortho intramolecular Hbond substituents is 1. The van der Waals surface area contributed by atoms with E-state index >= 15 is 0 Å². The fourth-order valence-electron chi connectivity index (χ4n) is 3.97. The molecule has 1 amide bonds. The molecule has 1 atom stereocenters. The Bertz CT molecular complexity index is 1250. The predicted octanol–water partition coefficient (Wildman–Crippen LogP) is 3.14. The van der Waals surface area contributed by atoms with Gasteiger partial charge in [-0.2, -0.15) is 0 Å². The van der Waals surface area contributed by atoms with Crippen LogP contribution < -0.4 is 9.47 Å². The zero-order chi connectivity index (χ0) is 22.2. The number of likely N-dealkylation sites (tertiary alicyclic amines) is 1. The number of Topliss-reactive ketones (excluding diaryl/α,β-unsaturated/α-hetero) is 1. The average Bonchev–Trinajstić information content (AvgIpc) is 3.37. The Morgan fingerprint density at radius 1 is 1.06 bits per heavy atom. The van der Waals surface area contributed by atoms with Crippen LogP contribution in [0.3, 0.4) is 0 Å². The Balaban J connectivity index is 1.65. The van der Waals surface area contributed by atoms with Crippen LogP contribution in [0, 0.1) is 0 Å². The third kappa shape index (κ3) is 3.31. The number of aromatic nitrogens is 1. The zero-order valence-corrected chi connectivity index (χ0v) is 16.8. The molecule has 1 unspecified atom stereocenters. The molecule has 2 N–H and O–H groups in total. The molecule has 1 saturated heterocycles. The maximum atomic E-state index is 13.1. The van der Waals surface area contributed by atoms with Crippen molar-refractivity contribution in [1.82, 2.24) is 9.88 Å². The number of ether oxygens (including phenoxy) is 2. The van der Waals surface area contributed by atoms with Crippen molar-refractivity contribution in [2.24, 2.45) is 0 Å². The number of ketones is 1. The van der Waals surface area contributed by atoms with Crippen molar-refractivity contribution < 1.29 is 29.3 Å². The number of carbonyl (C=O) groups is 2. The van der Waals surface area contributed by atoms with E-state index in [2.05, 4.69) is 4.98 Å². The zero-order valence-electron chi connectivity index (χ0n) is 16.8. The quantitative estimate of drug-likeness (QED) is 0.372. The number of pyridine rings is 1. The van der Waals surface area contributed by atoms with Crippen LogP contribution in [0.2, 0.25) is 0 Å². The SMILES string of the molecule is O=C1C(=O)N(Cc2cccnc2)C(c2cccc(O)c2)/C1=C(/O)c1ccc2c(c1)OCO2. The van der Waals surface area contributed by atoms with E-state index in [1.165, 1.54) is 17.0 Å². The highest BCUT2D eigenvalue weighted by molar-refractivity contribution is 6.46. The summed E-state index contributed by atoms with van der Waals surface area (Å²) in [6.07, 6.45) is 3.22. The summed E-state index contributed by atoms with van der Waals surface area (Å²) < 4.78 is 10.7. The van der Waals surface area contributed by atoms with Gasteiger partial charge in [-0.3, -0.25) is 14.6 Å². The highest BCUT2D eigenvalue weighted by Crippen LogP contribution is 2.42. The van der Waals surface area contributed by atoms with Gasteiger partial charge in [0.05, 0.1) is 11.6 Å². The van der Waals surface area contributed by atoms with Gasteiger partial charge in [-0.25, -0.2) is 0 Å². The molecule has 8 nitrogen and oxygen atoms in total. The molecule has 0 aliphatic carbocycles. The molecule has 5 rings (SSSR count). The molecular formula is C24H18N2O6. The largest absolute Gasteiger partial charge is 0.508 e. The maximum absolute atomic E-state index is 13.1. The summed E-state index contributed by atoms with van der Waals surface area (Å²) in [5.74, 6) is -0.932. The first kappa shape index (κ1) is 19.6. The predicted molar refractivity (Wildman–Crippen MR) is 113 cm³/mol. The van der Waals surface area contributed by atoms with Gasteiger partial charge in [0.15, 0.2) is 11.5 Å². The average molecular weight is 430 g/mol. The molecule has 32 heavy (non-hydrogen) atoms. The van der Waals surface area contributed by atoms with Gasteiger partial charge in [-0.15, -0.1) is 0 Å². The molecule has 3 aromatic rings. The fraction of sp³-hybridized carbons (Fsp3) is 0.125. The summed E-state index contributed by atoms with van der Waals surface area (Å²) in [5, 5.41) is 21.2. The van der Waals surface area contributed by atoms with Crippen LogP contribution >= 0.6 is 0 Å². The van der Waals surface area contributed by atoms with Crippen LogP contribution in [0.25, 0.3) is 5.76 Å². The van der Waals surface area contributed by atoms with Gasteiger partial charge in [0.1, 0.15) is 11.5 Å². The molecule has 1 fully saturated rings. The third-order valence-corrected chi connectivity index (χ3v) is 5.45. The summed E-state index contributed by atoms with van der Waals surface area (Å²) in [5.41, 5.74) is 1.47. The van der Waals surface area contributed by atoms with E-state index in [1.807, 2.05) is 0 Å². The lowest BCUT2D eigenvalue weighted by Crippen LogP contribution is -2.29. The smallest absolute Gasteiger partial charge is 0.295 e. The molecule has 3 heterocycles. The molecule has 2 aliphatic heterocycles. The number of rotatable bonds is 4. The highest BCUT2D eigenvalue weighted by atomic mass is 16.7. The molecule has 160 valence electrons. The maximum Gasteiger partial charge on any atom is 0.295 e. The summed E-state index contributed by atoms with van der Waals surface area (Å²) in [6, 6.07) is 13.7. The van der Waals surface area contributed by atoms with E-state index in [0.29, 0.717) is 22.6 Å². The topological polar surface area (TPSA) is 109 Å². The lowest BCUT2D eigenvalue weighted by molar-refractivity contribution is -0.140. The third-order valence-electron chi connectivity index (χ3n) is 5.45. The van der Waals surface area contributed by atoms with Crippen molar-refractivity contribution in [3.63, 3.8) is 0 Å². The number of aliphatic hydroxyl groups excluding tert-OH is 1. The van der Waals surface area contributed by atoms with Crippen molar-refractivity contribution in [3.8, 4) is 17.2 Å². The van der Waals surface area contributed by atoms with Crippen molar-refractivity contribution >= 4 is 17.4 Å². The van der Waals surface area contributed by atoms with Gasteiger partial charge >= 0.3 is 0 Å². The van der Waals surface area contributed by atoms with Gasteiger partial charge in [0.2, 0.25) is 6.79 Å². The highest BCUT2D eigenvalue weighted by Gasteiger charge is 2.46. The number of phenols is 1. The number of aliphatic hydroxyl groups is 1. The first-order valence-electron chi connectivity index (χ1n) is 9.89. The standard InChI is InChI=1S/C24H18N2O6/c27-17-5-1-4-15(9-17)21-20(22(28)16-6-7-18-19(10-16)32-13-31-18)23(29)24(30)26(21)12-14-3-2-8-25-11-14/h1-11,21,27-28H,12-13H2/b22-20-. The molecule has 8 heteroatoms. The second-order valence-corrected chi connectivity index (χ2v) is 7.45. The van der Waals surface area contributed by atoms with Crippen molar-refractivity contribution in [2.75, 3.05) is 6.79 Å². The van der Waals surface area contributed by atoms with Crippen LogP contribution in [-0.4, -0.2) is 38.6 Å². The molecule has 2 aromatic carbocycles. The number of carbonyl (C=O) groups excluding carboxylic acids is 2. The minimum Gasteiger partial charge on any atom is -0.508 e. The molecule has 1 aromatic heterocycles. The van der Waals surface area contributed by atoms with E-state index in [-0.39, 0.29) is 30.4 Å². The number of hydrogen-bond donors (Lipinski definition) is 2. The minimum absolute atomic E-state index is 0.0162. The summed E-state index contributed by atoms with van der Waals surface area (Å²) in [4.78, 5) is 31.5. The number of amides is 1. The normalized spacial score (nSPS) is 18.9. The molecule has 0 saturated carbocycles. The number of aromatic hydroxyl groups is 1. The van der Waals surface area contributed by atoms with Gasteiger partial charge < -0.3 is 24.6 Å². The van der Waals surface area contributed by atoms with E-state index in [1.54, 1.807) is 54.9 Å². The molecule has 2 aliphatic rings. The number of hydrogen-bond acceptors (Lipinski definition) is 7. The Labute approximate surface area is 183 Å². The fourth-order valence-corrected chi connectivity index (χ4v) is 3.97. The first-order chi connectivity index (χ1) is 15.5. The molecular weight excluding hydrogens is 412 g/mol. The van der Waals surface area contributed by atoms with E-state index in [0.717, 1.165) is 5.56 Å². The molecule has 0 spiro atoms. The van der Waals surface area contributed by atoms with Crippen LogP contribution in [0.15, 0.2) is 72.6 Å². The van der Waals surface area contributed by atoms with Gasteiger partial charge in [-0.1, -0.05) is 18.2 Å². The number of nitrogens with zero attached hydrogens (tertiary/aromatic N) is 2. The summed E-state index contributed by atoms with van der Waals surface area (Å²) in [6.45, 7) is 0.176. The molecule has 0 radical (unpaired) electrons. The Morgan fingerprint density at radius 2 is 1.91 bits per heavy atom. The summed E-state index contributed by atoms with van der Waals surface area (Å²) >= 11 is 0. The van der Waals surface area contributed by atoms with Crippen molar-refractivity contribution in [2.45, 2.75) is 12.6 Å². The number of benzene rings is 2. The van der Waals surface area contributed by atoms with Crippen LogP contribution in [0.4, 0.5) is 0 Å². The first-order valence-corrected chi connectivity index (χ1v) is 9.89. The Morgan fingerprint density at radius 3 is 2.69 bits per heavy atom. The summed E-state index contributed by atoms with van der Waals surface area (Å²) in [7, 11) is 0. The Kier molecular flexibility index (Phi) is 4.74. The lowest BCUT2D eigenvalue weighted by Gasteiger charge is -2.25.